The fraction of sp³-hybridized carbons (Fsp3) is 0.167. The SMILES string of the molecule is Cc1cc2cnnnc2o1. The van der Waals surface area contributed by atoms with E-state index in [4.69, 9.17) is 4.42 Å². The fourth-order valence-electron chi connectivity index (χ4n) is 0.847. The van der Waals surface area contributed by atoms with E-state index in [0.717, 1.165) is 11.1 Å². The summed E-state index contributed by atoms with van der Waals surface area (Å²) < 4.78 is 5.15. The molecule has 0 spiro atoms. The van der Waals surface area contributed by atoms with Crippen LogP contribution in [0.2, 0.25) is 0 Å². The van der Waals surface area contributed by atoms with Crippen molar-refractivity contribution in [2.75, 3.05) is 0 Å². The number of hydrogen-bond donors (Lipinski definition) is 0. The van der Waals surface area contributed by atoms with Gasteiger partial charge in [0.05, 0.1) is 11.6 Å². The monoisotopic (exact) mass is 135 g/mol. The van der Waals surface area contributed by atoms with Crippen molar-refractivity contribution in [3.8, 4) is 0 Å². The van der Waals surface area contributed by atoms with Gasteiger partial charge >= 0.3 is 0 Å². The molecule has 0 aliphatic carbocycles. The lowest BCUT2D eigenvalue weighted by atomic mass is 10.4. The Morgan fingerprint density at radius 2 is 2.40 bits per heavy atom. The Labute approximate surface area is 56.9 Å². The molecular formula is C6H5N3O. The highest BCUT2D eigenvalue weighted by Crippen LogP contribution is 2.12. The van der Waals surface area contributed by atoms with Crippen molar-refractivity contribution in [1.82, 2.24) is 15.4 Å². The maximum atomic E-state index is 5.15. The smallest absolute Gasteiger partial charge is 0.249 e. The van der Waals surface area contributed by atoms with Crippen LogP contribution < -0.4 is 0 Å². The third-order valence-corrected chi connectivity index (χ3v) is 1.25. The second-order valence-corrected chi connectivity index (χ2v) is 2.05. The summed E-state index contributed by atoms with van der Waals surface area (Å²) in [7, 11) is 0. The van der Waals surface area contributed by atoms with Gasteiger partial charge in [0.2, 0.25) is 5.71 Å². The molecule has 4 heteroatoms. The lowest BCUT2D eigenvalue weighted by Gasteiger charge is -1.78. The van der Waals surface area contributed by atoms with Crippen molar-refractivity contribution < 1.29 is 4.42 Å². The van der Waals surface area contributed by atoms with Crippen molar-refractivity contribution >= 4 is 11.1 Å². The number of hydrogen-bond acceptors (Lipinski definition) is 4. The summed E-state index contributed by atoms with van der Waals surface area (Å²) in [5.74, 6) is 0.831. The number of aromatic nitrogens is 3. The van der Waals surface area contributed by atoms with Crippen LogP contribution in [0.15, 0.2) is 16.7 Å². The van der Waals surface area contributed by atoms with Gasteiger partial charge in [0.25, 0.3) is 0 Å². The fourth-order valence-corrected chi connectivity index (χ4v) is 0.847. The molecule has 0 fully saturated rings. The first-order valence-corrected chi connectivity index (χ1v) is 2.91. The van der Waals surface area contributed by atoms with Gasteiger partial charge in [-0.15, -0.1) is 5.10 Å². The second-order valence-electron chi connectivity index (χ2n) is 2.05. The third-order valence-electron chi connectivity index (χ3n) is 1.25. The summed E-state index contributed by atoms with van der Waals surface area (Å²) >= 11 is 0. The molecule has 0 aliphatic heterocycles. The van der Waals surface area contributed by atoms with Crippen LogP contribution in [0.25, 0.3) is 11.1 Å². The predicted molar refractivity (Wildman–Crippen MR) is 34.3 cm³/mol. The molecule has 0 unspecified atom stereocenters. The Hall–Kier alpha value is -1.45. The normalized spacial score (nSPS) is 10.5. The number of fused-ring (bicyclic) bond motifs is 1. The Balaban J connectivity index is 2.88. The minimum absolute atomic E-state index is 0.549. The second kappa shape index (κ2) is 1.76. The van der Waals surface area contributed by atoms with Crippen LogP contribution >= 0.6 is 0 Å². The zero-order valence-electron chi connectivity index (χ0n) is 5.40. The maximum absolute atomic E-state index is 5.15. The average molecular weight is 135 g/mol. The molecule has 0 radical (unpaired) electrons. The highest BCUT2D eigenvalue weighted by molar-refractivity contribution is 5.71. The molecule has 2 heterocycles. The minimum atomic E-state index is 0.549. The van der Waals surface area contributed by atoms with Gasteiger partial charge in [-0.1, -0.05) is 5.10 Å². The van der Waals surface area contributed by atoms with Crippen LogP contribution in [0.5, 0.6) is 0 Å². The predicted octanol–water partition coefficient (Wildman–Crippen LogP) is 0.926. The van der Waals surface area contributed by atoms with E-state index in [2.05, 4.69) is 15.4 Å². The first-order chi connectivity index (χ1) is 4.86. The van der Waals surface area contributed by atoms with Crippen LogP contribution in [0.4, 0.5) is 0 Å². The topological polar surface area (TPSA) is 51.8 Å². The number of furan rings is 1. The van der Waals surface area contributed by atoms with Gasteiger partial charge in [0.15, 0.2) is 0 Å². The van der Waals surface area contributed by atoms with Crippen LogP contribution in [-0.2, 0) is 0 Å². The summed E-state index contributed by atoms with van der Waals surface area (Å²) in [6.45, 7) is 1.86. The molecule has 10 heavy (non-hydrogen) atoms. The highest BCUT2D eigenvalue weighted by atomic mass is 16.3. The van der Waals surface area contributed by atoms with Gasteiger partial charge in [0, 0.05) is 0 Å². The summed E-state index contributed by atoms with van der Waals surface area (Å²) in [6, 6.07) is 1.87. The van der Waals surface area contributed by atoms with Crippen LogP contribution in [0.3, 0.4) is 0 Å². The first kappa shape index (κ1) is 5.34. The first-order valence-electron chi connectivity index (χ1n) is 2.91. The van der Waals surface area contributed by atoms with E-state index in [1.807, 2.05) is 13.0 Å². The lowest BCUT2D eigenvalue weighted by molar-refractivity contribution is 0.559. The van der Waals surface area contributed by atoms with Crippen LogP contribution in [0, 0.1) is 6.92 Å². The summed E-state index contributed by atoms with van der Waals surface area (Å²) in [4.78, 5) is 0. The van der Waals surface area contributed by atoms with Crippen molar-refractivity contribution in [3.05, 3.63) is 18.0 Å². The zero-order valence-corrected chi connectivity index (χ0v) is 5.40. The van der Waals surface area contributed by atoms with E-state index in [-0.39, 0.29) is 0 Å². The third kappa shape index (κ3) is 0.655. The molecule has 2 aromatic heterocycles. The molecule has 0 amide bonds. The molecule has 4 nitrogen and oxygen atoms in total. The summed E-state index contributed by atoms with van der Waals surface area (Å²) in [6.07, 6.45) is 1.62. The van der Waals surface area contributed by atoms with Crippen LogP contribution in [-0.4, -0.2) is 15.4 Å². The Bertz CT molecular complexity index is 322. The van der Waals surface area contributed by atoms with Gasteiger partial charge in [-0.25, -0.2) is 0 Å². The van der Waals surface area contributed by atoms with Gasteiger partial charge in [-0.2, -0.15) is 0 Å². The molecule has 0 atom stereocenters. The molecule has 0 N–H and O–H groups in total. The van der Waals surface area contributed by atoms with E-state index in [0.29, 0.717) is 5.71 Å². The van der Waals surface area contributed by atoms with E-state index >= 15 is 0 Å². The molecule has 0 bridgehead atoms. The molecular weight excluding hydrogens is 130 g/mol. The molecule has 50 valence electrons. The quantitative estimate of drug-likeness (QED) is 0.539. The Kier molecular flexibility index (Phi) is 0.943. The standard InChI is InChI=1S/C6H5N3O/c1-4-2-5-3-7-9-8-6(5)10-4/h2-3H,1H3. The number of rotatable bonds is 0. The summed E-state index contributed by atoms with van der Waals surface area (Å²) in [5, 5.41) is 11.6. The van der Waals surface area contributed by atoms with E-state index in [9.17, 15) is 0 Å². The Morgan fingerprint density at radius 1 is 1.50 bits per heavy atom. The van der Waals surface area contributed by atoms with Gasteiger partial charge < -0.3 is 4.42 Å². The zero-order chi connectivity index (χ0) is 6.97. The van der Waals surface area contributed by atoms with E-state index in [1.54, 1.807) is 6.20 Å². The maximum Gasteiger partial charge on any atom is 0.249 e. The molecule has 0 aliphatic rings. The van der Waals surface area contributed by atoms with Crippen molar-refractivity contribution in [2.24, 2.45) is 0 Å². The lowest BCUT2D eigenvalue weighted by Crippen LogP contribution is -1.82. The Morgan fingerprint density at radius 3 is 3.20 bits per heavy atom. The number of nitrogens with zero attached hydrogens (tertiary/aromatic N) is 3. The largest absolute Gasteiger partial charge is 0.442 e. The minimum Gasteiger partial charge on any atom is -0.442 e. The molecule has 2 rings (SSSR count). The average Bonchev–Trinajstić information content (AvgIpc) is 2.27. The molecule has 0 saturated carbocycles. The molecule has 0 aromatic carbocycles. The molecule has 2 aromatic rings. The van der Waals surface area contributed by atoms with Gasteiger partial charge in [-0.3, -0.25) is 0 Å². The molecule has 0 saturated heterocycles. The van der Waals surface area contributed by atoms with E-state index < -0.39 is 0 Å². The summed E-state index contributed by atoms with van der Waals surface area (Å²) in [5.41, 5.74) is 0.549. The van der Waals surface area contributed by atoms with Gasteiger partial charge in [-0.05, 0) is 18.2 Å². The van der Waals surface area contributed by atoms with Crippen molar-refractivity contribution in [3.63, 3.8) is 0 Å². The van der Waals surface area contributed by atoms with E-state index in [1.165, 1.54) is 0 Å². The highest BCUT2D eigenvalue weighted by Gasteiger charge is 1.99. The van der Waals surface area contributed by atoms with Crippen LogP contribution in [0.1, 0.15) is 5.76 Å². The van der Waals surface area contributed by atoms with Crippen molar-refractivity contribution in [1.29, 1.82) is 0 Å². The van der Waals surface area contributed by atoms with Crippen molar-refractivity contribution in [2.45, 2.75) is 6.92 Å². The van der Waals surface area contributed by atoms with Gasteiger partial charge in [0.1, 0.15) is 5.76 Å². The number of aryl methyl sites for hydroxylation is 1.